The molecule has 0 radical (unpaired) electrons. The van der Waals surface area contributed by atoms with Crippen molar-refractivity contribution in [3.8, 4) is 0 Å². The van der Waals surface area contributed by atoms with Crippen LogP contribution in [0.5, 0.6) is 0 Å². The van der Waals surface area contributed by atoms with Gasteiger partial charge >= 0.3 is 6.18 Å². The number of oxime groups is 1. The van der Waals surface area contributed by atoms with Crippen LogP contribution in [0.15, 0.2) is 87.2 Å². The highest BCUT2D eigenvalue weighted by Crippen LogP contribution is 2.49. The third-order valence-corrected chi connectivity index (χ3v) is 7.52. The number of rotatable bonds is 4. The molecule has 0 saturated heterocycles. The Kier molecular flexibility index (Phi) is 6.70. The second-order valence-corrected chi connectivity index (χ2v) is 11.0. The van der Waals surface area contributed by atoms with Gasteiger partial charge in [0.15, 0.2) is 0 Å². The van der Waals surface area contributed by atoms with Crippen molar-refractivity contribution in [2.45, 2.75) is 23.1 Å². The van der Waals surface area contributed by atoms with Crippen molar-refractivity contribution in [3.63, 3.8) is 0 Å². The fourth-order valence-electron chi connectivity index (χ4n) is 3.59. The van der Waals surface area contributed by atoms with Gasteiger partial charge in [0.25, 0.3) is 11.5 Å². The van der Waals surface area contributed by atoms with Crippen molar-refractivity contribution in [1.29, 1.82) is 0 Å². The smallest absolute Gasteiger partial charge is 0.374 e. The van der Waals surface area contributed by atoms with E-state index in [1.165, 1.54) is 36.6 Å². The van der Waals surface area contributed by atoms with Gasteiger partial charge in [-0.3, -0.25) is 4.79 Å². The van der Waals surface area contributed by atoms with E-state index in [0.29, 0.717) is 10.5 Å². The summed E-state index contributed by atoms with van der Waals surface area (Å²) >= 11 is 11.8. The molecule has 1 heterocycles. The van der Waals surface area contributed by atoms with Crippen molar-refractivity contribution < 1.29 is 27.0 Å². The SMILES string of the molecule is CS(=O)(=NC(=O)c1ccc(C2=NOC(c3cc(Cl)cc(Cl)c3)(C(F)(F)F)C2)cc1)c1ccccc1. The summed E-state index contributed by atoms with van der Waals surface area (Å²) < 4.78 is 59.2. The number of halogens is 5. The Bertz CT molecular complexity index is 1410. The molecule has 1 aliphatic heterocycles. The van der Waals surface area contributed by atoms with E-state index < -0.39 is 33.8 Å². The van der Waals surface area contributed by atoms with Gasteiger partial charge in [0.1, 0.15) is 0 Å². The summed E-state index contributed by atoms with van der Waals surface area (Å²) in [7, 11) is -2.97. The van der Waals surface area contributed by atoms with Crippen molar-refractivity contribution >= 4 is 44.5 Å². The van der Waals surface area contributed by atoms with E-state index in [1.807, 2.05) is 0 Å². The standard InChI is InChI=1S/C24H17Cl2F3N2O3S/c1-35(33,20-5-3-2-4-6-20)31-22(32)16-9-7-15(8-10-16)21-14-23(34-30-21,24(27,28)29)17-11-18(25)13-19(26)12-17/h2-13H,14H2,1H3. The van der Waals surface area contributed by atoms with Gasteiger partial charge < -0.3 is 4.84 Å². The van der Waals surface area contributed by atoms with E-state index in [9.17, 15) is 22.2 Å². The largest absolute Gasteiger partial charge is 0.435 e. The average molecular weight is 541 g/mol. The first-order chi connectivity index (χ1) is 16.4. The number of carbonyl (C=O) groups is 1. The molecule has 2 atom stereocenters. The van der Waals surface area contributed by atoms with Crippen molar-refractivity contribution in [3.05, 3.63) is 99.5 Å². The number of hydrogen-bond donors (Lipinski definition) is 0. The highest BCUT2D eigenvalue weighted by molar-refractivity contribution is 7.93. The molecule has 5 nitrogen and oxygen atoms in total. The highest BCUT2D eigenvalue weighted by Gasteiger charge is 2.62. The number of hydrogen-bond acceptors (Lipinski definition) is 4. The molecule has 0 N–H and O–H groups in total. The van der Waals surface area contributed by atoms with Crippen molar-refractivity contribution in [2.24, 2.45) is 9.52 Å². The Morgan fingerprint density at radius 3 is 2.20 bits per heavy atom. The minimum absolute atomic E-state index is 0.0259. The third kappa shape index (κ3) is 5.07. The molecule has 1 amide bonds. The highest BCUT2D eigenvalue weighted by atomic mass is 35.5. The topological polar surface area (TPSA) is 68.1 Å². The van der Waals surface area contributed by atoms with Gasteiger partial charge in [0.05, 0.1) is 15.4 Å². The van der Waals surface area contributed by atoms with Crippen LogP contribution in [-0.2, 0) is 20.2 Å². The minimum atomic E-state index is -4.82. The lowest BCUT2D eigenvalue weighted by atomic mass is 9.86. The van der Waals surface area contributed by atoms with E-state index in [4.69, 9.17) is 28.0 Å². The van der Waals surface area contributed by atoms with Crippen LogP contribution in [0.1, 0.15) is 27.9 Å². The Morgan fingerprint density at radius 2 is 1.63 bits per heavy atom. The fraction of sp³-hybridized carbons (Fsp3) is 0.167. The number of nitrogens with zero attached hydrogens (tertiary/aromatic N) is 2. The molecule has 35 heavy (non-hydrogen) atoms. The zero-order valence-electron chi connectivity index (χ0n) is 18.1. The molecule has 4 rings (SSSR count). The van der Waals surface area contributed by atoms with Crippen LogP contribution < -0.4 is 0 Å². The maximum atomic E-state index is 14.2. The molecule has 3 aromatic rings. The molecule has 0 aliphatic carbocycles. The molecule has 0 bridgehead atoms. The minimum Gasteiger partial charge on any atom is -0.374 e. The molecular weight excluding hydrogens is 524 g/mol. The Hall–Kier alpha value is -2.88. The van der Waals surface area contributed by atoms with Crippen LogP contribution in [0.4, 0.5) is 13.2 Å². The van der Waals surface area contributed by atoms with E-state index >= 15 is 0 Å². The molecule has 2 unspecified atom stereocenters. The van der Waals surface area contributed by atoms with E-state index in [0.717, 1.165) is 12.1 Å². The molecule has 3 aromatic carbocycles. The van der Waals surface area contributed by atoms with Gasteiger partial charge in [-0.1, -0.05) is 58.7 Å². The Labute approximate surface area is 209 Å². The summed E-state index contributed by atoms with van der Waals surface area (Å²) in [5.74, 6) is -0.712. The number of amides is 1. The van der Waals surface area contributed by atoms with Crippen molar-refractivity contribution in [1.82, 2.24) is 0 Å². The molecule has 0 fully saturated rings. The van der Waals surface area contributed by atoms with Gasteiger partial charge in [-0.2, -0.15) is 17.5 Å². The molecule has 182 valence electrons. The van der Waals surface area contributed by atoms with E-state index in [-0.39, 0.29) is 26.9 Å². The summed E-state index contributed by atoms with van der Waals surface area (Å²) in [6.07, 6.45) is -4.08. The Morgan fingerprint density at radius 1 is 1.03 bits per heavy atom. The molecule has 1 aliphatic rings. The normalized spacial score (nSPS) is 19.4. The van der Waals surface area contributed by atoms with Gasteiger partial charge in [-0.25, -0.2) is 4.21 Å². The quantitative estimate of drug-likeness (QED) is 0.362. The summed E-state index contributed by atoms with van der Waals surface area (Å²) in [6, 6.07) is 17.6. The average Bonchev–Trinajstić information content (AvgIpc) is 3.26. The Balaban J connectivity index is 1.60. The van der Waals surface area contributed by atoms with Crippen LogP contribution in [0.3, 0.4) is 0 Å². The molecular formula is C24H17Cl2F3N2O3S. The lowest BCUT2D eigenvalue weighted by Gasteiger charge is -2.29. The summed E-state index contributed by atoms with van der Waals surface area (Å²) in [6.45, 7) is 0. The van der Waals surface area contributed by atoms with Crippen LogP contribution in [-0.4, -0.2) is 28.3 Å². The van der Waals surface area contributed by atoms with Crippen LogP contribution in [0.25, 0.3) is 0 Å². The second kappa shape index (κ2) is 9.29. The lowest BCUT2D eigenvalue weighted by Crippen LogP contribution is -2.42. The van der Waals surface area contributed by atoms with Crippen LogP contribution in [0, 0.1) is 0 Å². The fourth-order valence-corrected chi connectivity index (χ4v) is 5.30. The molecule has 11 heteroatoms. The van der Waals surface area contributed by atoms with Crippen molar-refractivity contribution in [2.75, 3.05) is 6.26 Å². The van der Waals surface area contributed by atoms with E-state index in [1.54, 1.807) is 30.3 Å². The van der Waals surface area contributed by atoms with Gasteiger partial charge in [-0.05, 0) is 48.0 Å². The zero-order chi connectivity index (χ0) is 25.4. The predicted molar refractivity (Wildman–Crippen MR) is 128 cm³/mol. The first-order valence-electron chi connectivity index (χ1n) is 10.1. The monoisotopic (exact) mass is 540 g/mol. The van der Waals surface area contributed by atoms with Crippen LogP contribution in [0.2, 0.25) is 10.0 Å². The molecule has 0 aromatic heterocycles. The first kappa shape index (κ1) is 25.2. The maximum absolute atomic E-state index is 14.2. The van der Waals surface area contributed by atoms with E-state index in [2.05, 4.69) is 9.52 Å². The summed E-state index contributed by atoms with van der Waals surface area (Å²) in [5, 5.41) is 3.75. The second-order valence-electron chi connectivity index (χ2n) is 7.88. The predicted octanol–water partition coefficient (Wildman–Crippen LogP) is 6.87. The molecule has 0 spiro atoms. The zero-order valence-corrected chi connectivity index (χ0v) is 20.4. The van der Waals surface area contributed by atoms with Gasteiger partial charge in [0.2, 0.25) is 0 Å². The van der Waals surface area contributed by atoms with Gasteiger partial charge in [0, 0.05) is 38.7 Å². The van der Waals surface area contributed by atoms with Gasteiger partial charge in [-0.15, -0.1) is 0 Å². The maximum Gasteiger partial charge on any atom is 0.435 e. The first-order valence-corrected chi connectivity index (χ1v) is 12.8. The third-order valence-electron chi connectivity index (χ3n) is 5.42. The molecule has 0 saturated carbocycles. The number of benzene rings is 3. The van der Waals surface area contributed by atoms with Crippen LogP contribution >= 0.6 is 23.2 Å². The lowest BCUT2D eigenvalue weighted by molar-refractivity contribution is -0.275. The number of carbonyl (C=O) groups excluding carboxylic acids is 1. The summed E-state index contributed by atoms with van der Waals surface area (Å²) in [4.78, 5) is 18.0. The summed E-state index contributed by atoms with van der Waals surface area (Å²) in [5.41, 5.74) is -2.56. The number of alkyl halides is 3.